The van der Waals surface area contributed by atoms with E-state index in [0.29, 0.717) is 38.5 Å². The molecule has 0 saturated heterocycles. The van der Waals surface area contributed by atoms with Gasteiger partial charge in [0.05, 0.1) is 39.6 Å². The van der Waals surface area contributed by atoms with E-state index in [1.807, 2.05) is 0 Å². The van der Waals surface area contributed by atoms with Gasteiger partial charge in [0, 0.05) is 25.2 Å². The zero-order chi connectivity index (χ0) is 19.2. The smallest absolute Gasteiger partial charge is 0.0698 e. The number of ether oxygens (including phenoxy) is 2. The molecule has 160 valence electrons. The van der Waals surface area contributed by atoms with Crippen LogP contribution in [0.1, 0.15) is 57.8 Å². The number of hydrogen-bond donors (Lipinski definition) is 4. The summed E-state index contributed by atoms with van der Waals surface area (Å²) in [7, 11) is 0. The lowest BCUT2D eigenvalue weighted by Gasteiger charge is -2.34. The van der Waals surface area contributed by atoms with Crippen LogP contribution in [0.25, 0.3) is 0 Å². The maximum Gasteiger partial charge on any atom is 0.0698 e. The summed E-state index contributed by atoms with van der Waals surface area (Å²) in [6.07, 6.45) is 12.1. The number of aliphatic hydroxyl groups excluding tert-OH is 2. The lowest BCUT2D eigenvalue weighted by atomic mass is 9.75. The summed E-state index contributed by atoms with van der Waals surface area (Å²) in [5, 5.41) is 24.6. The molecule has 6 heteroatoms. The van der Waals surface area contributed by atoms with Crippen LogP contribution in [-0.2, 0) is 9.47 Å². The topological polar surface area (TPSA) is 83.0 Å². The van der Waals surface area contributed by atoms with Crippen molar-refractivity contribution in [2.24, 2.45) is 11.8 Å². The largest absolute Gasteiger partial charge is 0.394 e. The molecule has 0 bridgehead atoms. The van der Waals surface area contributed by atoms with Gasteiger partial charge in [-0.05, 0) is 69.6 Å². The molecule has 0 unspecified atom stereocenters. The van der Waals surface area contributed by atoms with E-state index in [9.17, 15) is 0 Å². The Kier molecular flexibility index (Phi) is 12.6. The second kappa shape index (κ2) is 14.7. The molecule has 27 heavy (non-hydrogen) atoms. The van der Waals surface area contributed by atoms with Crippen LogP contribution in [0.5, 0.6) is 0 Å². The first-order valence-electron chi connectivity index (χ1n) is 11.2. The van der Waals surface area contributed by atoms with Gasteiger partial charge >= 0.3 is 0 Å². The first-order valence-corrected chi connectivity index (χ1v) is 11.2. The SMILES string of the molecule is OCCOCCNC1CCC(CC2CCC(NCCOCCO)CC2)CC1. The average molecular weight is 387 g/mol. The molecule has 2 fully saturated rings. The van der Waals surface area contributed by atoms with Crippen LogP contribution in [0.4, 0.5) is 0 Å². The van der Waals surface area contributed by atoms with Gasteiger partial charge in [-0.2, -0.15) is 0 Å². The molecule has 2 aliphatic carbocycles. The Morgan fingerprint density at radius 2 is 1.00 bits per heavy atom. The van der Waals surface area contributed by atoms with Crippen molar-refractivity contribution in [2.45, 2.75) is 69.9 Å². The van der Waals surface area contributed by atoms with Crippen molar-refractivity contribution in [3.8, 4) is 0 Å². The van der Waals surface area contributed by atoms with Crippen molar-refractivity contribution in [3.63, 3.8) is 0 Å². The molecule has 0 heterocycles. The van der Waals surface area contributed by atoms with E-state index in [4.69, 9.17) is 19.7 Å². The standard InChI is InChI=1S/C21H42N2O4/c24-11-15-26-13-9-22-20-5-1-18(2-6-20)17-19-3-7-21(8-4-19)23-10-14-27-16-12-25/h18-25H,1-17H2. The Morgan fingerprint density at radius 3 is 1.37 bits per heavy atom. The Bertz CT molecular complexity index is 311. The first-order chi connectivity index (χ1) is 13.3. The Balaban J connectivity index is 1.47. The molecule has 2 saturated carbocycles. The van der Waals surface area contributed by atoms with E-state index in [-0.39, 0.29) is 13.2 Å². The minimum absolute atomic E-state index is 0.113. The normalized spacial score (nSPS) is 29.1. The fourth-order valence-electron chi connectivity index (χ4n) is 4.68. The minimum atomic E-state index is 0.113. The lowest BCUT2D eigenvalue weighted by molar-refractivity contribution is 0.0902. The predicted molar refractivity (Wildman–Crippen MR) is 108 cm³/mol. The van der Waals surface area contributed by atoms with E-state index in [1.165, 1.54) is 57.8 Å². The predicted octanol–water partition coefficient (Wildman–Crippen LogP) is 1.69. The highest BCUT2D eigenvalue weighted by Gasteiger charge is 2.26. The fraction of sp³-hybridized carbons (Fsp3) is 1.00. The van der Waals surface area contributed by atoms with Crippen LogP contribution in [-0.4, -0.2) is 75.0 Å². The van der Waals surface area contributed by atoms with Gasteiger partial charge in [0.25, 0.3) is 0 Å². The molecule has 0 radical (unpaired) electrons. The molecule has 0 aromatic heterocycles. The summed E-state index contributed by atoms with van der Waals surface area (Å²) in [6.45, 7) is 4.32. The van der Waals surface area contributed by atoms with Gasteiger partial charge in [-0.3, -0.25) is 0 Å². The number of rotatable bonds is 14. The summed E-state index contributed by atoms with van der Waals surface area (Å²) >= 11 is 0. The van der Waals surface area contributed by atoms with Gasteiger partial charge in [-0.15, -0.1) is 0 Å². The average Bonchev–Trinajstić information content (AvgIpc) is 2.70. The van der Waals surface area contributed by atoms with Crippen LogP contribution in [0.2, 0.25) is 0 Å². The molecular formula is C21H42N2O4. The summed E-state index contributed by atoms with van der Waals surface area (Å²) in [4.78, 5) is 0. The zero-order valence-electron chi connectivity index (χ0n) is 17.0. The monoisotopic (exact) mass is 386 g/mol. The van der Waals surface area contributed by atoms with Crippen molar-refractivity contribution in [1.29, 1.82) is 0 Å². The second-order valence-corrected chi connectivity index (χ2v) is 8.25. The molecule has 0 aliphatic heterocycles. The van der Waals surface area contributed by atoms with Crippen molar-refractivity contribution in [1.82, 2.24) is 10.6 Å². The Labute approximate surface area is 165 Å². The van der Waals surface area contributed by atoms with Crippen LogP contribution in [0, 0.1) is 11.8 Å². The van der Waals surface area contributed by atoms with Gasteiger partial charge in [-0.25, -0.2) is 0 Å². The summed E-state index contributed by atoms with van der Waals surface area (Å²) < 4.78 is 10.6. The minimum Gasteiger partial charge on any atom is -0.394 e. The molecular weight excluding hydrogens is 344 g/mol. The van der Waals surface area contributed by atoms with Crippen molar-refractivity contribution in [2.75, 3.05) is 52.7 Å². The molecule has 0 aromatic carbocycles. The molecule has 0 aromatic rings. The molecule has 4 N–H and O–H groups in total. The van der Waals surface area contributed by atoms with Gasteiger partial charge in [0.15, 0.2) is 0 Å². The fourth-order valence-corrected chi connectivity index (χ4v) is 4.68. The number of nitrogens with one attached hydrogen (secondary N) is 2. The molecule has 2 aliphatic rings. The molecule has 0 amide bonds. The third kappa shape index (κ3) is 10.2. The quantitative estimate of drug-likeness (QED) is 0.340. The first kappa shape index (κ1) is 23.0. The second-order valence-electron chi connectivity index (χ2n) is 8.25. The van der Waals surface area contributed by atoms with Crippen molar-refractivity contribution >= 4 is 0 Å². The molecule has 0 spiro atoms. The number of aliphatic hydroxyl groups is 2. The number of hydrogen-bond acceptors (Lipinski definition) is 6. The van der Waals surface area contributed by atoms with E-state index in [1.54, 1.807) is 0 Å². The summed E-state index contributed by atoms with van der Waals surface area (Å²) in [5.41, 5.74) is 0. The van der Waals surface area contributed by atoms with E-state index in [2.05, 4.69) is 10.6 Å². The van der Waals surface area contributed by atoms with Crippen LogP contribution >= 0.6 is 0 Å². The van der Waals surface area contributed by atoms with Gasteiger partial charge in [0.1, 0.15) is 0 Å². The third-order valence-corrected chi connectivity index (χ3v) is 6.19. The summed E-state index contributed by atoms with van der Waals surface area (Å²) in [5.74, 6) is 1.85. The van der Waals surface area contributed by atoms with E-state index < -0.39 is 0 Å². The molecule has 0 atom stereocenters. The van der Waals surface area contributed by atoms with E-state index >= 15 is 0 Å². The van der Waals surface area contributed by atoms with Gasteiger partial charge in [-0.1, -0.05) is 0 Å². The van der Waals surface area contributed by atoms with Crippen LogP contribution in [0.15, 0.2) is 0 Å². The van der Waals surface area contributed by atoms with E-state index in [0.717, 1.165) is 24.9 Å². The van der Waals surface area contributed by atoms with Crippen molar-refractivity contribution < 1.29 is 19.7 Å². The van der Waals surface area contributed by atoms with Gasteiger partial charge in [0.2, 0.25) is 0 Å². The Hall–Kier alpha value is -0.240. The highest BCUT2D eigenvalue weighted by Crippen LogP contribution is 2.35. The lowest BCUT2D eigenvalue weighted by Crippen LogP contribution is -2.37. The van der Waals surface area contributed by atoms with Crippen LogP contribution in [0.3, 0.4) is 0 Å². The maximum absolute atomic E-state index is 8.70. The zero-order valence-corrected chi connectivity index (χ0v) is 17.0. The maximum atomic E-state index is 8.70. The summed E-state index contributed by atoms with van der Waals surface area (Å²) in [6, 6.07) is 1.32. The van der Waals surface area contributed by atoms with Crippen LogP contribution < -0.4 is 10.6 Å². The molecule has 2 rings (SSSR count). The highest BCUT2D eigenvalue weighted by atomic mass is 16.5. The Morgan fingerprint density at radius 1 is 0.593 bits per heavy atom. The van der Waals surface area contributed by atoms with Crippen molar-refractivity contribution in [3.05, 3.63) is 0 Å². The van der Waals surface area contributed by atoms with Gasteiger partial charge < -0.3 is 30.3 Å². The molecule has 6 nitrogen and oxygen atoms in total. The highest BCUT2D eigenvalue weighted by molar-refractivity contribution is 4.82. The third-order valence-electron chi connectivity index (χ3n) is 6.19.